The largest absolute Gasteiger partial charge is 0.478 e. The van der Waals surface area contributed by atoms with Crippen molar-refractivity contribution < 1.29 is 14.7 Å². The first-order valence-electron chi connectivity index (χ1n) is 8.51. The number of rotatable bonds is 4. The van der Waals surface area contributed by atoms with Gasteiger partial charge in [-0.15, -0.1) is 0 Å². The van der Waals surface area contributed by atoms with Crippen molar-refractivity contribution in [3.05, 3.63) is 40.4 Å². The van der Waals surface area contributed by atoms with Crippen molar-refractivity contribution in [3.8, 4) is 0 Å². The van der Waals surface area contributed by atoms with E-state index in [9.17, 15) is 14.7 Å². The standard InChI is InChI=1S/C19H22ClNO3/c20-17-8-4-3-5-13(17)9-16(19(23)24)10-18(22)21-11-14-6-1-2-7-15(14)12-21/h3-5,8-9,14-15H,1-2,6-7,10-12H2,(H,23,24)/t14-,15+. The van der Waals surface area contributed by atoms with Crippen LogP contribution in [0.4, 0.5) is 0 Å². The Morgan fingerprint density at radius 1 is 1.17 bits per heavy atom. The maximum Gasteiger partial charge on any atom is 0.332 e. The SMILES string of the molecule is O=C(O)C(=Cc1ccccc1Cl)CC(=O)N1C[C@H]2CCCC[C@H]2C1. The summed E-state index contributed by atoms with van der Waals surface area (Å²) in [6.45, 7) is 1.56. The summed E-state index contributed by atoms with van der Waals surface area (Å²) in [5, 5.41) is 9.92. The Hall–Kier alpha value is -1.81. The molecular weight excluding hydrogens is 326 g/mol. The second-order valence-electron chi connectivity index (χ2n) is 6.78. The Balaban J connectivity index is 1.71. The van der Waals surface area contributed by atoms with Crippen LogP contribution in [0.1, 0.15) is 37.7 Å². The van der Waals surface area contributed by atoms with E-state index in [2.05, 4.69) is 0 Å². The Morgan fingerprint density at radius 2 is 1.79 bits per heavy atom. The molecule has 1 saturated carbocycles. The normalized spacial score (nSPS) is 23.9. The number of amides is 1. The summed E-state index contributed by atoms with van der Waals surface area (Å²) in [4.78, 5) is 26.0. The molecule has 1 aromatic carbocycles. The minimum absolute atomic E-state index is 0.0833. The quantitative estimate of drug-likeness (QED) is 0.842. The zero-order chi connectivity index (χ0) is 17.1. The highest BCUT2D eigenvalue weighted by Gasteiger charge is 2.36. The number of nitrogens with zero attached hydrogens (tertiary/aromatic N) is 1. The number of halogens is 1. The molecule has 2 aliphatic rings. The molecule has 2 fully saturated rings. The molecule has 128 valence electrons. The zero-order valence-electron chi connectivity index (χ0n) is 13.6. The molecule has 2 atom stereocenters. The van der Waals surface area contributed by atoms with Crippen LogP contribution in [0.15, 0.2) is 29.8 Å². The van der Waals surface area contributed by atoms with Gasteiger partial charge in [-0.05, 0) is 42.4 Å². The molecule has 0 bridgehead atoms. The van der Waals surface area contributed by atoms with Gasteiger partial charge >= 0.3 is 5.97 Å². The molecule has 1 aliphatic heterocycles. The first kappa shape index (κ1) is 17.0. The fourth-order valence-electron chi connectivity index (χ4n) is 3.85. The van der Waals surface area contributed by atoms with Crippen LogP contribution in [0, 0.1) is 11.8 Å². The summed E-state index contributed by atoms with van der Waals surface area (Å²) in [5.74, 6) is 0.0389. The van der Waals surface area contributed by atoms with Gasteiger partial charge in [0.2, 0.25) is 5.91 Å². The molecular formula is C19H22ClNO3. The predicted octanol–water partition coefficient (Wildman–Crippen LogP) is 3.85. The van der Waals surface area contributed by atoms with Crippen molar-refractivity contribution >= 4 is 29.6 Å². The first-order valence-corrected chi connectivity index (χ1v) is 8.88. The van der Waals surface area contributed by atoms with Crippen molar-refractivity contribution in [1.29, 1.82) is 0 Å². The Kier molecular flexibility index (Phi) is 5.24. The number of carbonyl (C=O) groups is 2. The molecule has 0 radical (unpaired) electrons. The molecule has 0 unspecified atom stereocenters. The third-order valence-electron chi connectivity index (χ3n) is 5.18. The Labute approximate surface area is 147 Å². The lowest BCUT2D eigenvalue weighted by molar-refractivity contribution is -0.136. The van der Waals surface area contributed by atoms with E-state index in [0.29, 0.717) is 22.4 Å². The lowest BCUT2D eigenvalue weighted by Gasteiger charge is -2.22. The molecule has 24 heavy (non-hydrogen) atoms. The van der Waals surface area contributed by atoms with E-state index < -0.39 is 5.97 Å². The fourth-order valence-corrected chi connectivity index (χ4v) is 4.04. The van der Waals surface area contributed by atoms with Gasteiger partial charge in [0, 0.05) is 23.7 Å². The van der Waals surface area contributed by atoms with Crippen LogP contribution in [0.5, 0.6) is 0 Å². The second-order valence-corrected chi connectivity index (χ2v) is 7.18. The second kappa shape index (κ2) is 7.39. The highest BCUT2D eigenvalue weighted by molar-refractivity contribution is 6.32. The zero-order valence-corrected chi connectivity index (χ0v) is 14.3. The first-order chi connectivity index (χ1) is 11.5. The van der Waals surface area contributed by atoms with Gasteiger partial charge < -0.3 is 10.0 Å². The predicted molar refractivity (Wildman–Crippen MR) is 93.7 cm³/mol. The minimum Gasteiger partial charge on any atom is -0.478 e. The number of hydrogen-bond donors (Lipinski definition) is 1. The van der Waals surface area contributed by atoms with Gasteiger partial charge in [-0.2, -0.15) is 0 Å². The lowest BCUT2D eigenvalue weighted by Crippen LogP contribution is -2.29. The summed E-state index contributed by atoms with van der Waals surface area (Å²) in [6.07, 6.45) is 6.29. The van der Waals surface area contributed by atoms with E-state index in [-0.39, 0.29) is 17.9 Å². The van der Waals surface area contributed by atoms with Crippen molar-refractivity contribution in [1.82, 2.24) is 4.90 Å². The van der Waals surface area contributed by atoms with E-state index in [1.807, 2.05) is 4.90 Å². The summed E-state index contributed by atoms with van der Waals surface area (Å²) >= 11 is 6.09. The van der Waals surface area contributed by atoms with Gasteiger partial charge in [-0.25, -0.2) is 4.79 Å². The highest BCUT2D eigenvalue weighted by Crippen LogP contribution is 2.36. The monoisotopic (exact) mass is 347 g/mol. The number of benzene rings is 1. The van der Waals surface area contributed by atoms with E-state index in [1.54, 1.807) is 24.3 Å². The molecule has 0 aromatic heterocycles. The number of carboxylic acids is 1. The van der Waals surface area contributed by atoms with E-state index >= 15 is 0 Å². The highest BCUT2D eigenvalue weighted by atomic mass is 35.5. The van der Waals surface area contributed by atoms with Crippen LogP contribution in [0.3, 0.4) is 0 Å². The van der Waals surface area contributed by atoms with Crippen LogP contribution in [0.25, 0.3) is 6.08 Å². The number of fused-ring (bicyclic) bond motifs is 1. The van der Waals surface area contributed by atoms with Crippen LogP contribution in [-0.2, 0) is 9.59 Å². The van der Waals surface area contributed by atoms with Gasteiger partial charge in [0.15, 0.2) is 0 Å². The third kappa shape index (κ3) is 3.81. The topological polar surface area (TPSA) is 57.6 Å². The van der Waals surface area contributed by atoms with Crippen molar-refractivity contribution in [2.45, 2.75) is 32.1 Å². The van der Waals surface area contributed by atoms with Gasteiger partial charge in [0.1, 0.15) is 0 Å². The maximum absolute atomic E-state index is 12.6. The third-order valence-corrected chi connectivity index (χ3v) is 5.52. The number of likely N-dealkylation sites (tertiary alicyclic amines) is 1. The van der Waals surface area contributed by atoms with Gasteiger partial charge in [0.25, 0.3) is 0 Å². The Morgan fingerprint density at radius 3 is 2.38 bits per heavy atom. The van der Waals surface area contributed by atoms with Crippen LogP contribution in [0.2, 0.25) is 5.02 Å². The van der Waals surface area contributed by atoms with E-state index in [1.165, 1.54) is 31.8 Å². The number of aliphatic carboxylic acids is 1. The van der Waals surface area contributed by atoms with Crippen LogP contribution in [-0.4, -0.2) is 35.0 Å². The summed E-state index contributed by atoms with van der Waals surface area (Å²) in [6, 6.07) is 7.04. The van der Waals surface area contributed by atoms with Gasteiger partial charge in [-0.1, -0.05) is 42.6 Å². The van der Waals surface area contributed by atoms with Crippen LogP contribution >= 0.6 is 11.6 Å². The Bertz CT molecular complexity index is 656. The average Bonchev–Trinajstić information content (AvgIpc) is 3.00. The minimum atomic E-state index is -1.07. The fraction of sp³-hybridized carbons (Fsp3) is 0.474. The van der Waals surface area contributed by atoms with E-state index in [4.69, 9.17) is 11.6 Å². The molecule has 0 spiro atoms. The average molecular weight is 348 g/mol. The molecule has 5 heteroatoms. The molecule has 3 rings (SSSR count). The van der Waals surface area contributed by atoms with E-state index in [0.717, 1.165) is 13.1 Å². The molecule has 1 aliphatic carbocycles. The summed E-state index contributed by atoms with van der Waals surface area (Å²) in [7, 11) is 0. The van der Waals surface area contributed by atoms with Crippen molar-refractivity contribution in [2.75, 3.05) is 13.1 Å². The molecule has 1 N–H and O–H groups in total. The summed E-state index contributed by atoms with van der Waals surface area (Å²) < 4.78 is 0. The molecule has 1 heterocycles. The lowest BCUT2D eigenvalue weighted by atomic mass is 9.82. The maximum atomic E-state index is 12.6. The number of carbonyl (C=O) groups excluding carboxylic acids is 1. The smallest absolute Gasteiger partial charge is 0.332 e. The van der Waals surface area contributed by atoms with Crippen molar-refractivity contribution in [2.24, 2.45) is 11.8 Å². The molecule has 1 saturated heterocycles. The van der Waals surface area contributed by atoms with Crippen molar-refractivity contribution in [3.63, 3.8) is 0 Å². The van der Waals surface area contributed by atoms with Crippen LogP contribution < -0.4 is 0 Å². The number of hydrogen-bond acceptors (Lipinski definition) is 2. The van der Waals surface area contributed by atoms with Gasteiger partial charge in [-0.3, -0.25) is 4.79 Å². The molecule has 1 aromatic rings. The number of carboxylic acid groups (broad SMARTS) is 1. The molecule has 1 amide bonds. The molecule has 4 nitrogen and oxygen atoms in total. The van der Waals surface area contributed by atoms with Gasteiger partial charge in [0.05, 0.1) is 6.42 Å². The summed E-state index contributed by atoms with van der Waals surface area (Å²) in [5.41, 5.74) is 0.711.